The molecule has 0 atom stereocenters. The number of benzene rings is 10. The maximum Gasteiger partial charge on any atom is 0.416 e. The molecule has 2 nitrogen and oxygen atoms in total. The third kappa shape index (κ3) is 6.62. The van der Waals surface area contributed by atoms with Crippen LogP contribution in [0.1, 0.15) is 11.1 Å². The first kappa shape index (κ1) is 40.1. The average Bonchev–Trinajstić information content (AvgIpc) is 3.97. The van der Waals surface area contributed by atoms with Gasteiger partial charge < -0.3 is 0 Å². The summed E-state index contributed by atoms with van der Waals surface area (Å²) in [4.78, 5) is 9.36. The molecule has 0 saturated carbocycles. The van der Waals surface area contributed by atoms with E-state index >= 15 is 0 Å². The molecule has 0 bridgehead atoms. The van der Waals surface area contributed by atoms with Crippen LogP contribution in [0.2, 0.25) is 0 Å². The van der Waals surface area contributed by atoms with Gasteiger partial charge in [-0.05, 0) is 113 Å². The number of nitrogens with zero attached hydrogens (tertiary/aromatic N) is 2. The van der Waals surface area contributed by atoms with Crippen molar-refractivity contribution >= 4 is 86.2 Å². The largest absolute Gasteiger partial charge is 0.416 e. The second kappa shape index (κ2) is 15.1. The minimum absolute atomic E-state index is 0.485. The Morgan fingerprint density at radius 3 is 0.864 bits per heavy atom. The van der Waals surface area contributed by atoms with E-state index in [1.165, 1.54) is 34.8 Å². The van der Waals surface area contributed by atoms with Crippen LogP contribution in [0.3, 0.4) is 0 Å². The Kier molecular flexibility index (Phi) is 9.17. The summed E-state index contributed by atoms with van der Waals surface area (Å²) in [6.45, 7) is 0. The quantitative estimate of drug-likeness (QED) is 0.127. The molecule has 0 unspecified atom stereocenters. The lowest BCUT2D eigenvalue weighted by Crippen LogP contribution is -2.03. The monoisotopic (exact) mass is 908 g/mol. The summed E-state index contributed by atoms with van der Waals surface area (Å²) >= 11 is 2.49. The van der Waals surface area contributed by atoms with Gasteiger partial charge in [-0.25, -0.2) is 9.97 Å². The number of alkyl halides is 6. The van der Waals surface area contributed by atoms with Crippen LogP contribution in [0.15, 0.2) is 182 Å². The maximum atomic E-state index is 13.5. The molecular formula is C56H30F6N2S2. The molecule has 0 fully saturated rings. The van der Waals surface area contributed by atoms with Crippen molar-refractivity contribution in [2.75, 3.05) is 0 Å². The molecule has 0 N–H and O–H groups in total. The maximum absolute atomic E-state index is 13.5. The van der Waals surface area contributed by atoms with Crippen molar-refractivity contribution in [1.29, 1.82) is 0 Å². The predicted octanol–water partition coefficient (Wildman–Crippen LogP) is 17.9. The molecule has 0 amide bonds. The Morgan fingerprint density at radius 2 is 0.576 bits per heavy atom. The van der Waals surface area contributed by atoms with Crippen LogP contribution >= 0.6 is 22.7 Å². The van der Waals surface area contributed by atoms with Crippen molar-refractivity contribution in [2.24, 2.45) is 0 Å². The summed E-state index contributed by atoms with van der Waals surface area (Å²) < 4.78 is 81.9. The lowest BCUT2D eigenvalue weighted by molar-refractivity contribution is -0.138. The molecule has 0 spiro atoms. The highest BCUT2D eigenvalue weighted by molar-refractivity contribution is 7.22. The van der Waals surface area contributed by atoms with Gasteiger partial charge in [-0.1, -0.05) is 146 Å². The molecule has 0 radical (unpaired) electrons. The normalized spacial score (nSPS) is 12.4. The van der Waals surface area contributed by atoms with Crippen LogP contribution in [0.5, 0.6) is 0 Å². The van der Waals surface area contributed by atoms with E-state index in [1.807, 2.05) is 24.3 Å². The zero-order valence-corrected chi connectivity index (χ0v) is 35.9. The van der Waals surface area contributed by atoms with Crippen LogP contribution in [0.25, 0.3) is 118 Å². The van der Waals surface area contributed by atoms with Crippen molar-refractivity contribution in [2.45, 2.75) is 12.4 Å². The number of hydrogen-bond acceptors (Lipinski definition) is 4. The van der Waals surface area contributed by atoms with Gasteiger partial charge in [0.15, 0.2) is 0 Å². The Labute approximate surface area is 380 Å². The zero-order chi connectivity index (χ0) is 44.9. The summed E-state index contributed by atoms with van der Waals surface area (Å²) in [6, 6.07) is 57.6. The van der Waals surface area contributed by atoms with Gasteiger partial charge in [0.05, 0.1) is 31.6 Å². The number of rotatable bonds is 5. The number of hydrogen-bond donors (Lipinski definition) is 0. The fourth-order valence-corrected chi connectivity index (χ4v) is 11.4. The minimum Gasteiger partial charge on any atom is -0.236 e. The number of thiazole rings is 2. The Morgan fingerprint density at radius 1 is 0.303 bits per heavy atom. The summed E-state index contributed by atoms with van der Waals surface area (Å²) in [5.41, 5.74) is 7.73. The number of fused-ring (bicyclic) bond motifs is 6. The van der Waals surface area contributed by atoms with E-state index in [2.05, 4.69) is 131 Å². The molecule has 66 heavy (non-hydrogen) atoms. The molecule has 0 saturated heterocycles. The lowest BCUT2D eigenvalue weighted by Gasteiger charge is -2.22. The van der Waals surface area contributed by atoms with E-state index in [1.54, 1.807) is 0 Å². The Hall–Kier alpha value is -7.40. The zero-order valence-electron chi connectivity index (χ0n) is 34.3. The highest BCUT2D eigenvalue weighted by atomic mass is 32.1. The van der Waals surface area contributed by atoms with Crippen LogP contribution < -0.4 is 0 Å². The third-order valence-corrected chi connectivity index (χ3v) is 14.5. The highest BCUT2D eigenvalue weighted by Gasteiger charge is 2.32. The van der Waals surface area contributed by atoms with E-state index in [0.717, 1.165) is 112 Å². The van der Waals surface area contributed by atoms with E-state index in [4.69, 9.17) is 0 Å². The second-order valence-corrected chi connectivity index (χ2v) is 18.3. The van der Waals surface area contributed by atoms with Crippen molar-refractivity contribution in [3.63, 3.8) is 0 Å². The first-order chi connectivity index (χ1) is 32.0. The predicted molar refractivity (Wildman–Crippen MR) is 260 cm³/mol. The lowest BCUT2D eigenvalue weighted by atomic mass is 9.81. The van der Waals surface area contributed by atoms with Crippen LogP contribution in [-0.2, 0) is 12.4 Å². The van der Waals surface area contributed by atoms with E-state index in [9.17, 15) is 26.3 Å². The minimum atomic E-state index is -4.43. The van der Waals surface area contributed by atoms with E-state index in [0.29, 0.717) is 30.4 Å². The summed E-state index contributed by atoms with van der Waals surface area (Å²) in [5.74, 6) is 0. The molecule has 0 aliphatic carbocycles. The second-order valence-electron chi connectivity index (χ2n) is 16.2. The van der Waals surface area contributed by atoms with Crippen molar-refractivity contribution < 1.29 is 26.3 Å². The van der Waals surface area contributed by atoms with Gasteiger partial charge in [0.2, 0.25) is 0 Å². The SMILES string of the molecule is FC(F)(F)c1ccc2nc(-c3ccc(-c4c5ccccc5c(-c5c6ccccc6c(-c6ccc(-c7nc8ccc(C(F)(F)F)cc8s7)cc6)c6ccccc56)c5ccccc45)cc3)sc2c1. The molecule has 0 aliphatic heterocycles. The molecule has 10 aromatic carbocycles. The van der Waals surface area contributed by atoms with Gasteiger partial charge in [-0.2, -0.15) is 26.3 Å². The van der Waals surface area contributed by atoms with Gasteiger partial charge in [-0.15, -0.1) is 22.7 Å². The molecule has 12 rings (SSSR count). The highest BCUT2D eigenvalue weighted by Crippen LogP contribution is 2.50. The molecule has 2 heterocycles. The fourth-order valence-electron chi connectivity index (χ4n) is 9.43. The smallest absolute Gasteiger partial charge is 0.236 e. The number of aromatic nitrogens is 2. The van der Waals surface area contributed by atoms with Gasteiger partial charge in [0, 0.05) is 11.1 Å². The Bertz CT molecular complexity index is 3530. The topological polar surface area (TPSA) is 25.8 Å². The van der Waals surface area contributed by atoms with Gasteiger partial charge >= 0.3 is 12.4 Å². The average molecular weight is 909 g/mol. The summed E-state index contributed by atoms with van der Waals surface area (Å²) in [5, 5.41) is 9.98. The molecule has 12 aromatic rings. The van der Waals surface area contributed by atoms with Crippen molar-refractivity contribution in [3.8, 4) is 54.5 Å². The van der Waals surface area contributed by atoms with Crippen molar-refractivity contribution in [3.05, 3.63) is 193 Å². The first-order valence-corrected chi connectivity index (χ1v) is 22.7. The van der Waals surface area contributed by atoms with Crippen LogP contribution in [-0.4, -0.2) is 9.97 Å². The third-order valence-electron chi connectivity index (χ3n) is 12.4. The molecule has 2 aromatic heterocycles. The standard InChI is InChI=1S/C56H30F6N2S2/c57-55(58,59)35-25-27-45-47(29-35)65-53(63-45)33-21-17-31(18-22-33)49-37-9-1-5-13-41(37)51(42-14-6-2-10-38(42)49)52-43-15-7-3-11-39(43)50(40-12-4-8-16-44(40)52)32-19-23-34(24-20-32)54-64-46-28-26-36(56(60,61)62)30-48(46)66-54/h1-30H. The fraction of sp³-hybridized carbons (Fsp3) is 0.0357. The van der Waals surface area contributed by atoms with Crippen LogP contribution in [0.4, 0.5) is 26.3 Å². The van der Waals surface area contributed by atoms with Gasteiger partial charge in [0.25, 0.3) is 0 Å². The molecule has 0 aliphatic rings. The summed E-state index contributed by atoms with van der Waals surface area (Å²) in [6.07, 6.45) is -8.86. The Balaban J connectivity index is 1.00. The van der Waals surface area contributed by atoms with E-state index < -0.39 is 23.5 Å². The van der Waals surface area contributed by atoms with E-state index in [-0.39, 0.29) is 0 Å². The summed E-state index contributed by atoms with van der Waals surface area (Å²) in [7, 11) is 0. The number of halogens is 6. The van der Waals surface area contributed by atoms with Crippen molar-refractivity contribution in [1.82, 2.24) is 9.97 Å². The first-order valence-electron chi connectivity index (χ1n) is 21.0. The molecule has 10 heteroatoms. The molecular weight excluding hydrogens is 879 g/mol. The molecule has 318 valence electrons. The van der Waals surface area contributed by atoms with Crippen LogP contribution in [0, 0.1) is 0 Å². The van der Waals surface area contributed by atoms with Gasteiger partial charge in [0.1, 0.15) is 10.0 Å². The van der Waals surface area contributed by atoms with Gasteiger partial charge in [-0.3, -0.25) is 0 Å².